The quantitative estimate of drug-likeness (QED) is 0.794. The van der Waals surface area contributed by atoms with Gasteiger partial charge in [-0.05, 0) is 0 Å². The van der Waals surface area contributed by atoms with Gasteiger partial charge in [-0.3, -0.25) is 4.79 Å². The van der Waals surface area contributed by atoms with E-state index >= 15 is 0 Å². The highest BCUT2D eigenvalue weighted by molar-refractivity contribution is 5.88. The van der Waals surface area contributed by atoms with Gasteiger partial charge in [0.1, 0.15) is 0 Å². The van der Waals surface area contributed by atoms with Crippen molar-refractivity contribution in [2.75, 3.05) is 36.4 Å². The van der Waals surface area contributed by atoms with Crippen LogP contribution in [-0.2, 0) is 4.79 Å². The summed E-state index contributed by atoms with van der Waals surface area (Å²) in [6, 6.07) is 0. The van der Waals surface area contributed by atoms with Crippen molar-refractivity contribution in [1.82, 2.24) is 14.9 Å². The molecule has 1 aromatic heterocycles. The van der Waals surface area contributed by atoms with Gasteiger partial charge in [-0.2, -0.15) is 0 Å². The number of nitrogens with one attached hydrogen (secondary N) is 1. The molecule has 19 heavy (non-hydrogen) atoms. The predicted molar refractivity (Wildman–Crippen MR) is 68.1 cm³/mol. The van der Waals surface area contributed by atoms with Crippen LogP contribution >= 0.6 is 0 Å². The fraction of sp³-hybridized carbons (Fsp3) is 0.455. The first-order valence-corrected chi connectivity index (χ1v) is 5.88. The summed E-state index contributed by atoms with van der Waals surface area (Å²) in [7, 11) is 0. The van der Waals surface area contributed by atoms with Gasteiger partial charge in [-0.1, -0.05) is 0 Å². The standard InChI is InChI=1S/C11H15N5O3/c1-8(17)14-9-6-12-10(13-7-9)15-2-4-16(5-3-15)11(18)19/h6-7H,2-5H2,1H3,(H,14,17)(H,18,19). The number of hydrogen-bond acceptors (Lipinski definition) is 5. The Morgan fingerprint density at radius 1 is 1.21 bits per heavy atom. The number of amides is 2. The van der Waals surface area contributed by atoms with Crippen molar-refractivity contribution in [2.45, 2.75) is 6.92 Å². The van der Waals surface area contributed by atoms with E-state index < -0.39 is 6.09 Å². The molecule has 0 saturated carbocycles. The second-order valence-electron chi connectivity index (χ2n) is 4.21. The van der Waals surface area contributed by atoms with E-state index in [1.165, 1.54) is 24.2 Å². The summed E-state index contributed by atoms with van der Waals surface area (Å²) in [6.07, 6.45) is 2.17. The minimum Gasteiger partial charge on any atom is -0.465 e. The predicted octanol–water partition coefficient (Wildman–Crippen LogP) is 0.235. The molecule has 1 aliphatic rings. The van der Waals surface area contributed by atoms with Crippen molar-refractivity contribution in [3.8, 4) is 0 Å². The number of carbonyl (C=O) groups excluding carboxylic acids is 1. The fourth-order valence-corrected chi connectivity index (χ4v) is 1.85. The van der Waals surface area contributed by atoms with Crippen LogP contribution in [-0.4, -0.2) is 58.2 Å². The van der Waals surface area contributed by atoms with Crippen molar-refractivity contribution in [3.63, 3.8) is 0 Å². The first-order chi connectivity index (χ1) is 9.06. The minimum absolute atomic E-state index is 0.175. The second-order valence-corrected chi connectivity index (χ2v) is 4.21. The fourth-order valence-electron chi connectivity index (χ4n) is 1.85. The van der Waals surface area contributed by atoms with Gasteiger partial charge in [0.05, 0.1) is 18.1 Å². The molecule has 0 aromatic carbocycles. The lowest BCUT2D eigenvalue weighted by molar-refractivity contribution is -0.114. The van der Waals surface area contributed by atoms with Crippen molar-refractivity contribution >= 4 is 23.6 Å². The van der Waals surface area contributed by atoms with Crippen LogP contribution in [0.4, 0.5) is 16.4 Å². The average molecular weight is 265 g/mol. The number of carboxylic acid groups (broad SMARTS) is 1. The minimum atomic E-state index is -0.901. The van der Waals surface area contributed by atoms with Crippen LogP contribution in [0.25, 0.3) is 0 Å². The van der Waals surface area contributed by atoms with Gasteiger partial charge in [0.25, 0.3) is 0 Å². The van der Waals surface area contributed by atoms with E-state index in [0.29, 0.717) is 37.8 Å². The lowest BCUT2D eigenvalue weighted by atomic mass is 10.3. The molecule has 102 valence electrons. The Hall–Kier alpha value is -2.38. The molecule has 1 fully saturated rings. The largest absolute Gasteiger partial charge is 0.465 e. The monoisotopic (exact) mass is 265 g/mol. The van der Waals surface area contributed by atoms with Gasteiger partial charge in [-0.15, -0.1) is 0 Å². The van der Waals surface area contributed by atoms with E-state index in [2.05, 4.69) is 15.3 Å². The molecule has 2 rings (SSSR count). The third kappa shape index (κ3) is 3.30. The molecule has 0 aliphatic carbocycles. The smallest absolute Gasteiger partial charge is 0.407 e. The molecule has 1 aliphatic heterocycles. The maximum Gasteiger partial charge on any atom is 0.407 e. The first kappa shape index (κ1) is 13.1. The van der Waals surface area contributed by atoms with Gasteiger partial charge >= 0.3 is 6.09 Å². The number of carbonyl (C=O) groups is 2. The maximum absolute atomic E-state index is 10.9. The van der Waals surface area contributed by atoms with Crippen LogP contribution in [0.2, 0.25) is 0 Å². The molecule has 8 heteroatoms. The second kappa shape index (κ2) is 5.51. The topological polar surface area (TPSA) is 98.7 Å². The van der Waals surface area contributed by atoms with E-state index in [1.807, 2.05) is 4.90 Å². The summed E-state index contributed by atoms with van der Waals surface area (Å²) >= 11 is 0. The molecule has 2 heterocycles. The Labute approximate surface area is 110 Å². The number of aromatic nitrogens is 2. The summed E-state index contributed by atoms with van der Waals surface area (Å²) in [4.78, 5) is 33.2. The SMILES string of the molecule is CC(=O)Nc1cnc(N2CCN(C(=O)O)CC2)nc1. The number of piperazine rings is 1. The van der Waals surface area contributed by atoms with Crippen molar-refractivity contribution < 1.29 is 14.7 Å². The van der Waals surface area contributed by atoms with Crippen LogP contribution in [0.1, 0.15) is 6.92 Å². The average Bonchev–Trinajstić information content (AvgIpc) is 2.39. The molecular weight excluding hydrogens is 250 g/mol. The summed E-state index contributed by atoms with van der Waals surface area (Å²) in [5.41, 5.74) is 0.542. The van der Waals surface area contributed by atoms with Crippen molar-refractivity contribution in [1.29, 1.82) is 0 Å². The molecule has 1 aromatic rings. The summed E-state index contributed by atoms with van der Waals surface area (Å²) in [5.74, 6) is 0.366. The van der Waals surface area contributed by atoms with Crippen molar-refractivity contribution in [2.24, 2.45) is 0 Å². The molecule has 0 bridgehead atoms. The number of rotatable bonds is 2. The van der Waals surface area contributed by atoms with E-state index in [-0.39, 0.29) is 5.91 Å². The number of hydrogen-bond donors (Lipinski definition) is 2. The summed E-state index contributed by atoms with van der Waals surface area (Å²) < 4.78 is 0. The molecule has 1 saturated heterocycles. The Bertz CT molecular complexity index is 468. The molecule has 0 spiro atoms. The van der Waals surface area contributed by atoms with E-state index in [4.69, 9.17) is 5.11 Å². The summed E-state index contributed by atoms with van der Waals surface area (Å²) in [6.45, 7) is 3.41. The third-order valence-electron chi connectivity index (χ3n) is 2.79. The van der Waals surface area contributed by atoms with Gasteiger partial charge in [0, 0.05) is 33.1 Å². The lowest BCUT2D eigenvalue weighted by Crippen LogP contribution is -2.48. The Balaban J connectivity index is 1.96. The van der Waals surface area contributed by atoms with E-state index in [0.717, 1.165) is 0 Å². The molecule has 2 amide bonds. The van der Waals surface area contributed by atoms with Crippen molar-refractivity contribution in [3.05, 3.63) is 12.4 Å². The normalized spacial score (nSPS) is 15.2. The van der Waals surface area contributed by atoms with Crippen LogP contribution in [0.15, 0.2) is 12.4 Å². The van der Waals surface area contributed by atoms with Crippen LogP contribution in [0, 0.1) is 0 Å². The summed E-state index contributed by atoms with van der Waals surface area (Å²) in [5, 5.41) is 11.4. The Morgan fingerprint density at radius 2 is 1.79 bits per heavy atom. The van der Waals surface area contributed by atoms with Gasteiger partial charge in [0.15, 0.2) is 0 Å². The Kier molecular flexibility index (Phi) is 3.79. The molecular formula is C11H15N5O3. The highest BCUT2D eigenvalue weighted by Gasteiger charge is 2.21. The highest BCUT2D eigenvalue weighted by atomic mass is 16.4. The highest BCUT2D eigenvalue weighted by Crippen LogP contribution is 2.12. The molecule has 8 nitrogen and oxygen atoms in total. The van der Waals surface area contributed by atoms with Gasteiger partial charge < -0.3 is 20.2 Å². The lowest BCUT2D eigenvalue weighted by Gasteiger charge is -2.32. The third-order valence-corrected chi connectivity index (χ3v) is 2.79. The number of anilines is 2. The first-order valence-electron chi connectivity index (χ1n) is 5.88. The Morgan fingerprint density at radius 3 is 2.26 bits per heavy atom. The maximum atomic E-state index is 10.9. The zero-order valence-electron chi connectivity index (χ0n) is 10.5. The van der Waals surface area contributed by atoms with E-state index in [1.54, 1.807) is 0 Å². The number of nitrogens with zero attached hydrogens (tertiary/aromatic N) is 4. The van der Waals surface area contributed by atoms with Gasteiger partial charge in [-0.25, -0.2) is 14.8 Å². The van der Waals surface area contributed by atoms with Crippen LogP contribution in [0.5, 0.6) is 0 Å². The van der Waals surface area contributed by atoms with E-state index in [9.17, 15) is 9.59 Å². The molecule has 0 radical (unpaired) electrons. The van der Waals surface area contributed by atoms with Crippen LogP contribution in [0.3, 0.4) is 0 Å². The van der Waals surface area contributed by atoms with Gasteiger partial charge in [0.2, 0.25) is 11.9 Å². The molecule has 0 unspecified atom stereocenters. The van der Waals surface area contributed by atoms with Crippen LogP contribution < -0.4 is 10.2 Å². The zero-order valence-corrected chi connectivity index (χ0v) is 10.5. The molecule has 2 N–H and O–H groups in total. The molecule has 0 atom stereocenters. The zero-order chi connectivity index (χ0) is 13.8.